The highest BCUT2D eigenvalue weighted by Gasteiger charge is 2.06. The third-order valence-electron chi connectivity index (χ3n) is 2.22. The molecular formula is C11H12BrN3O2. The summed E-state index contributed by atoms with van der Waals surface area (Å²) < 4.78 is 7.63. The highest BCUT2D eigenvalue weighted by atomic mass is 79.9. The Morgan fingerprint density at radius 2 is 2.35 bits per heavy atom. The number of ether oxygens (including phenoxy) is 1. The summed E-state index contributed by atoms with van der Waals surface area (Å²) in [7, 11) is 1.57. The molecule has 5 nitrogen and oxygen atoms in total. The van der Waals surface area contributed by atoms with Gasteiger partial charge in [0.25, 0.3) is 0 Å². The molecule has 17 heavy (non-hydrogen) atoms. The number of nitrogens with one attached hydrogen (secondary N) is 1. The van der Waals surface area contributed by atoms with Crippen molar-refractivity contribution in [1.29, 1.82) is 0 Å². The lowest BCUT2D eigenvalue weighted by molar-refractivity contribution is -0.117. The average molecular weight is 298 g/mol. The van der Waals surface area contributed by atoms with E-state index >= 15 is 0 Å². The van der Waals surface area contributed by atoms with Crippen molar-refractivity contribution in [2.45, 2.75) is 6.42 Å². The van der Waals surface area contributed by atoms with Crippen molar-refractivity contribution < 1.29 is 9.53 Å². The molecule has 0 aromatic carbocycles. The van der Waals surface area contributed by atoms with Crippen LogP contribution in [0, 0.1) is 0 Å². The Bertz CT molecular complexity index is 538. The fraction of sp³-hybridized carbons (Fsp3) is 0.273. The smallest absolute Gasteiger partial charge is 0.227 e. The lowest BCUT2D eigenvalue weighted by Crippen LogP contribution is -2.13. The summed E-state index contributed by atoms with van der Waals surface area (Å²) in [5.41, 5.74) is 0.787. The van der Waals surface area contributed by atoms with Gasteiger partial charge in [-0.1, -0.05) is 0 Å². The molecule has 0 aliphatic heterocycles. The van der Waals surface area contributed by atoms with Crippen molar-refractivity contribution in [2.75, 3.05) is 19.0 Å². The van der Waals surface area contributed by atoms with Gasteiger partial charge >= 0.3 is 0 Å². The molecule has 0 unspecified atom stereocenters. The fourth-order valence-electron chi connectivity index (χ4n) is 1.43. The van der Waals surface area contributed by atoms with Crippen LogP contribution in [0.2, 0.25) is 0 Å². The molecule has 6 heteroatoms. The van der Waals surface area contributed by atoms with Crippen LogP contribution in [0.3, 0.4) is 0 Å². The predicted molar refractivity (Wildman–Crippen MR) is 68.0 cm³/mol. The topological polar surface area (TPSA) is 55.6 Å². The number of nitrogens with zero attached hydrogens (tertiary/aromatic N) is 2. The van der Waals surface area contributed by atoms with Gasteiger partial charge < -0.3 is 14.5 Å². The summed E-state index contributed by atoms with van der Waals surface area (Å²) in [6, 6.07) is 3.77. The Morgan fingerprint density at radius 3 is 3.12 bits per heavy atom. The van der Waals surface area contributed by atoms with Gasteiger partial charge in [-0.2, -0.15) is 0 Å². The number of amides is 1. The molecule has 1 amide bonds. The van der Waals surface area contributed by atoms with Gasteiger partial charge in [0.15, 0.2) is 5.82 Å². The number of pyridine rings is 1. The Kier molecular flexibility index (Phi) is 3.75. The number of halogens is 1. The van der Waals surface area contributed by atoms with Crippen molar-refractivity contribution in [2.24, 2.45) is 0 Å². The predicted octanol–water partition coefficient (Wildman–Crippen LogP) is 2.07. The van der Waals surface area contributed by atoms with Gasteiger partial charge in [-0.25, -0.2) is 4.98 Å². The first-order chi connectivity index (χ1) is 8.19. The zero-order chi connectivity index (χ0) is 12.3. The molecule has 0 saturated heterocycles. The van der Waals surface area contributed by atoms with Crippen LogP contribution in [0.5, 0.6) is 0 Å². The maximum Gasteiger partial charge on any atom is 0.227 e. The van der Waals surface area contributed by atoms with Crippen LogP contribution < -0.4 is 5.32 Å². The third kappa shape index (κ3) is 3.04. The van der Waals surface area contributed by atoms with Gasteiger partial charge in [-0.15, -0.1) is 0 Å². The number of carbonyl (C=O) groups excluding carboxylic acids is 1. The van der Waals surface area contributed by atoms with Gasteiger partial charge in [0.1, 0.15) is 5.65 Å². The molecule has 0 fully saturated rings. The molecule has 1 N–H and O–H groups in total. The number of fused-ring (bicyclic) bond motifs is 1. The first kappa shape index (κ1) is 12.1. The maximum absolute atomic E-state index is 11.5. The number of hydrogen-bond acceptors (Lipinski definition) is 3. The second-order valence-electron chi connectivity index (χ2n) is 3.53. The van der Waals surface area contributed by atoms with E-state index < -0.39 is 0 Å². The first-order valence-corrected chi connectivity index (χ1v) is 5.91. The van der Waals surface area contributed by atoms with E-state index in [9.17, 15) is 4.79 Å². The van der Waals surface area contributed by atoms with Crippen LogP contribution in [-0.4, -0.2) is 29.0 Å². The summed E-state index contributed by atoms with van der Waals surface area (Å²) in [5.74, 6) is 0.443. The SMILES string of the molecule is COCCC(=O)Nc1cn2cc(Br)ccc2n1. The van der Waals surface area contributed by atoms with E-state index in [1.807, 2.05) is 22.7 Å². The van der Waals surface area contributed by atoms with Gasteiger partial charge in [-0.3, -0.25) is 4.79 Å². The number of rotatable bonds is 4. The molecule has 2 rings (SSSR count). The Morgan fingerprint density at radius 1 is 1.53 bits per heavy atom. The molecule has 0 bridgehead atoms. The number of hydrogen-bond donors (Lipinski definition) is 1. The molecule has 90 valence electrons. The summed E-state index contributed by atoms with van der Waals surface area (Å²) in [6.45, 7) is 0.407. The highest BCUT2D eigenvalue weighted by molar-refractivity contribution is 9.10. The minimum atomic E-state index is -0.102. The lowest BCUT2D eigenvalue weighted by atomic mass is 10.4. The first-order valence-electron chi connectivity index (χ1n) is 5.12. The molecule has 0 atom stereocenters. The van der Waals surface area contributed by atoms with Crippen molar-refractivity contribution in [3.63, 3.8) is 0 Å². The zero-order valence-corrected chi connectivity index (χ0v) is 10.9. The number of aromatic nitrogens is 2. The number of anilines is 1. The molecule has 2 aromatic heterocycles. The summed E-state index contributed by atoms with van der Waals surface area (Å²) in [5, 5.41) is 2.72. The maximum atomic E-state index is 11.5. The van der Waals surface area contributed by atoms with Crippen molar-refractivity contribution in [3.8, 4) is 0 Å². The summed E-state index contributed by atoms with van der Waals surface area (Å²) in [6.07, 6.45) is 3.98. The van der Waals surface area contributed by atoms with E-state index in [0.29, 0.717) is 18.8 Å². The lowest BCUT2D eigenvalue weighted by Gasteiger charge is -1.99. The molecule has 0 aliphatic carbocycles. The van der Waals surface area contributed by atoms with Crippen molar-refractivity contribution in [3.05, 3.63) is 29.0 Å². The third-order valence-corrected chi connectivity index (χ3v) is 2.68. The van der Waals surface area contributed by atoms with Crippen LogP contribution in [0.4, 0.5) is 5.82 Å². The number of imidazole rings is 1. The largest absolute Gasteiger partial charge is 0.384 e. The van der Waals surface area contributed by atoms with E-state index in [1.54, 1.807) is 13.3 Å². The molecule has 2 aromatic rings. The van der Waals surface area contributed by atoms with Crippen LogP contribution in [0.15, 0.2) is 29.0 Å². The minimum Gasteiger partial charge on any atom is -0.384 e. The second-order valence-corrected chi connectivity index (χ2v) is 4.45. The van der Waals surface area contributed by atoms with Crippen molar-refractivity contribution in [1.82, 2.24) is 9.38 Å². The zero-order valence-electron chi connectivity index (χ0n) is 9.31. The van der Waals surface area contributed by atoms with Gasteiger partial charge in [0.05, 0.1) is 19.2 Å². The molecule has 2 heterocycles. The molecular weight excluding hydrogens is 286 g/mol. The Balaban J connectivity index is 2.11. The number of methoxy groups -OCH3 is 1. The summed E-state index contributed by atoms with van der Waals surface area (Å²) >= 11 is 3.37. The second kappa shape index (κ2) is 5.29. The normalized spacial score (nSPS) is 10.7. The minimum absolute atomic E-state index is 0.102. The van der Waals surface area contributed by atoms with E-state index in [1.165, 1.54) is 0 Å². The van der Waals surface area contributed by atoms with Gasteiger partial charge in [0, 0.05) is 17.8 Å². The van der Waals surface area contributed by atoms with Gasteiger partial charge in [-0.05, 0) is 28.1 Å². The van der Waals surface area contributed by atoms with E-state index in [2.05, 4.69) is 26.2 Å². The average Bonchev–Trinajstić information content (AvgIpc) is 2.67. The highest BCUT2D eigenvalue weighted by Crippen LogP contribution is 2.14. The van der Waals surface area contributed by atoms with Crippen LogP contribution in [0.1, 0.15) is 6.42 Å². The summed E-state index contributed by atoms with van der Waals surface area (Å²) in [4.78, 5) is 15.7. The molecule has 0 saturated carbocycles. The van der Waals surface area contributed by atoms with E-state index in [0.717, 1.165) is 10.1 Å². The van der Waals surface area contributed by atoms with Gasteiger partial charge in [0.2, 0.25) is 5.91 Å². The number of carbonyl (C=O) groups is 1. The molecule has 0 aliphatic rings. The molecule has 0 radical (unpaired) electrons. The van der Waals surface area contributed by atoms with E-state index in [4.69, 9.17) is 4.74 Å². The standard InChI is InChI=1S/C11H12BrN3O2/c1-17-5-4-11(16)14-9-7-15-6-8(12)2-3-10(15)13-9/h2-3,6-7H,4-5H2,1H3,(H,14,16). The van der Waals surface area contributed by atoms with Crippen LogP contribution in [0.25, 0.3) is 5.65 Å². The van der Waals surface area contributed by atoms with E-state index in [-0.39, 0.29) is 5.91 Å². The quantitative estimate of drug-likeness (QED) is 0.940. The van der Waals surface area contributed by atoms with Crippen molar-refractivity contribution >= 4 is 33.3 Å². The fourth-order valence-corrected chi connectivity index (χ4v) is 1.78. The Labute approximate surface area is 107 Å². The Hall–Kier alpha value is -1.40. The van der Waals surface area contributed by atoms with Crippen LogP contribution >= 0.6 is 15.9 Å². The molecule has 0 spiro atoms. The monoisotopic (exact) mass is 297 g/mol. The van der Waals surface area contributed by atoms with Crippen LogP contribution in [-0.2, 0) is 9.53 Å².